The maximum Gasteiger partial charge on any atom is 0.123 e. The Balaban J connectivity index is 2.13. The zero-order valence-electron chi connectivity index (χ0n) is 12.1. The minimum atomic E-state index is -0.158. The molecule has 1 N–H and O–H groups in total. The van der Waals surface area contributed by atoms with Gasteiger partial charge in [-0.05, 0) is 42.1 Å². The summed E-state index contributed by atoms with van der Waals surface area (Å²) in [7, 11) is 0. The second kappa shape index (κ2) is 7.20. The lowest BCUT2D eigenvalue weighted by molar-refractivity contribution is 0.391. The number of rotatable bonds is 6. The first-order chi connectivity index (χ1) is 9.70. The molecule has 2 rings (SSSR count). The predicted molar refractivity (Wildman–Crippen MR) is 82.1 cm³/mol. The summed E-state index contributed by atoms with van der Waals surface area (Å²) in [5, 5.41) is 3.54. The first-order valence-electron chi connectivity index (χ1n) is 7.23. The van der Waals surface area contributed by atoms with E-state index in [1.54, 1.807) is 12.1 Å². The highest BCUT2D eigenvalue weighted by Crippen LogP contribution is 2.25. The molecule has 0 bridgehead atoms. The lowest BCUT2D eigenvalue weighted by Gasteiger charge is -2.25. The van der Waals surface area contributed by atoms with Gasteiger partial charge in [-0.3, -0.25) is 0 Å². The number of benzene rings is 2. The summed E-state index contributed by atoms with van der Waals surface area (Å²) in [5.74, 6) is 0.244. The largest absolute Gasteiger partial charge is 0.310 e. The van der Waals surface area contributed by atoms with Gasteiger partial charge >= 0.3 is 0 Å². The number of hydrogen-bond acceptors (Lipinski definition) is 1. The molecule has 0 spiro atoms. The van der Waals surface area contributed by atoms with Gasteiger partial charge in [-0.2, -0.15) is 0 Å². The molecule has 2 heteroatoms. The molecule has 0 aliphatic heterocycles. The molecule has 0 radical (unpaired) electrons. The Labute approximate surface area is 120 Å². The standard InChI is InChI=1S/C18H22FN/c1-3-20-18(16-9-5-4-6-10-16)14(2)12-15-8-7-11-17(19)13-15/h4-11,13-14,18,20H,3,12H2,1-2H3. The van der Waals surface area contributed by atoms with Crippen LogP contribution in [0, 0.1) is 11.7 Å². The SMILES string of the molecule is CCNC(c1ccccc1)C(C)Cc1cccc(F)c1. The normalized spacial score (nSPS) is 13.9. The molecule has 0 aliphatic rings. The van der Waals surface area contributed by atoms with Crippen molar-refractivity contribution in [2.75, 3.05) is 6.54 Å². The Morgan fingerprint density at radius 1 is 1.05 bits per heavy atom. The molecule has 1 nitrogen and oxygen atoms in total. The van der Waals surface area contributed by atoms with E-state index in [0.29, 0.717) is 12.0 Å². The van der Waals surface area contributed by atoms with E-state index >= 15 is 0 Å². The fourth-order valence-electron chi connectivity index (χ4n) is 2.68. The zero-order chi connectivity index (χ0) is 14.4. The van der Waals surface area contributed by atoms with Gasteiger partial charge < -0.3 is 5.32 Å². The van der Waals surface area contributed by atoms with Crippen LogP contribution in [0.25, 0.3) is 0 Å². The van der Waals surface area contributed by atoms with Gasteiger partial charge in [-0.25, -0.2) is 4.39 Å². The average molecular weight is 271 g/mol. The maximum absolute atomic E-state index is 13.3. The summed E-state index contributed by atoms with van der Waals surface area (Å²) in [6.45, 7) is 5.25. The van der Waals surface area contributed by atoms with Crippen LogP contribution in [0.4, 0.5) is 4.39 Å². The van der Waals surface area contributed by atoms with Crippen molar-refractivity contribution in [3.05, 3.63) is 71.5 Å². The Morgan fingerprint density at radius 3 is 2.45 bits per heavy atom. The van der Waals surface area contributed by atoms with Crippen molar-refractivity contribution in [2.45, 2.75) is 26.3 Å². The minimum Gasteiger partial charge on any atom is -0.310 e. The highest BCUT2D eigenvalue weighted by atomic mass is 19.1. The summed E-state index contributed by atoms with van der Waals surface area (Å²) in [6.07, 6.45) is 0.865. The molecule has 20 heavy (non-hydrogen) atoms. The smallest absolute Gasteiger partial charge is 0.123 e. The molecule has 2 aromatic carbocycles. The third-order valence-electron chi connectivity index (χ3n) is 3.60. The van der Waals surface area contributed by atoms with Crippen LogP contribution in [0.15, 0.2) is 54.6 Å². The number of halogens is 1. The minimum absolute atomic E-state index is 0.158. The molecule has 0 saturated carbocycles. The molecule has 2 aromatic rings. The van der Waals surface area contributed by atoms with Gasteiger partial charge in [0.05, 0.1) is 0 Å². The lowest BCUT2D eigenvalue weighted by Crippen LogP contribution is -2.28. The van der Waals surface area contributed by atoms with Gasteiger partial charge in [-0.1, -0.05) is 56.3 Å². The van der Waals surface area contributed by atoms with Gasteiger partial charge in [-0.15, -0.1) is 0 Å². The van der Waals surface area contributed by atoms with Gasteiger partial charge in [0.2, 0.25) is 0 Å². The molecule has 0 fully saturated rings. The molecule has 2 atom stereocenters. The van der Waals surface area contributed by atoms with Crippen molar-refractivity contribution in [3.63, 3.8) is 0 Å². The van der Waals surface area contributed by atoms with E-state index in [4.69, 9.17) is 0 Å². The van der Waals surface area contributed by atoms with E-state index < -0.39 is 0 Å². The predicted octanol–water partition coefficient (Wildman–Crippen LogP) is 4.36. The maximum atomic E-state index is 13.3. The van der Waals surface area contributed by atoms with Crippen LogP contribution in [0.2, 0.25) is 0 Å². The third kappa shape index (κ3) is 3.91. The zero-order valence-corrected chi connectivity index (χ0v) is 12.1. The van der Waals surface area contributed by atoms with Crippen LogP contribution in [0.3, 0.4) is 0 Å². The van der Waals surface area contributed by atoms with Crippen LogP contribution in [-0.2, 0) is 6.42 Å². The molecule has 0 amide bonds. The van der Waals surface area contributed by atoms with Crippen LogP contribution in [0.1, 0.15) is 31.0 Å². The molecule has 106 valence electrons. The lowest BCUT2D eigenvalue weighted by atomic mass is 9.89. The monoisotopic (exact) mass is 271 g/mol. The Morgan fingerprint density at radius 2 is 1.80 bits per heavy atom. The van der Waals surface area contributed by atoms with E-state index in [0.717, 1.165) is 18.5 Å². The molecular formula is C18H22FN. The van der Waals surface area contributed by atoms with Crippen LogP contribution < -0.4 is 5.32 Å². The summed E-state index contributed by atoms with van der Waals surface area (Å²) < 4.78 is 13.3. The quantitative estimate of drug-likeness (QED) is 0.823. The Bertz CT molecular complexity index is 524. The molecule has 0 aliphatic carbocycles. The molecule has 2 unspecified atom stereocenters. The Hall–Kier alpha value is -1.67. The van der Waals surface area contributed by atoms with Crippen molar-refractivity contribution in [1.29, 1.82) is 0 Å². The van der Waals surface area contributed by atoms with Crippen molar-refractivity contribution in [3.8, 4) is 0 Å². The first kappa shape index (κ1) is 14.7. The van der Waals surface area contributed by atoms with Crippen molar-refractivity contribution < 1.29 is 4.39 Å². The van der Waals surface area contributed by atoms with Gasteiger partial charge in [0.25, 0.3) is 0 Å². The van der Waals surface area contributed by atoms with Crippen molar-refractivity contribution >= 4 is 0 Å². The van der Waals surface area contributed by atoms with E-state index in [9.17, 15) is 4.39 Å². The third-order valence-corrected chi connectivity index (χ3v) is 3.60. The van der Waals surface area contributed by atoms with E-state index in [2.05, 4.69) is 43.4 Å². The van der Waals surface area contributed by atoms with Crippen LogP contribution in [-0.4, -0.2) is 6.54 Å². The van der Waals surface area contributed by atoms with Crippen LogP contribution >= 0.6 is 0 Å². The van der Waals surface area contributed by atoms with E-state index in [1.807, 2.05) is 12.1 Å². The first-order valence-corrected chi connectivity index (χ1v) is 7.23. The molecule has 0 saturated heterocycles. The summed E-state index contributed by atoms with van der Waals surface area (Å²) in [5.41, 5.74) is 2.34. The van der Waals surface area contributed by atoms with Crippen molar-refractivity contribution in [2.24, 2.45) is 5.92 Å². The highest BCUT2D eigenvalue weighted by Gasteiger charge is 2.18. The fourth-order valence-corrected chi connectivity index (χ4v) is 2.68. The summed E-state index contributed by atoms with van der Waals surface area (Å²) >= 11 is 0. The van der Waals surface area contributed by atoms with E-state index in [-0.39, 0.29) is 5.82 Å². The second-order valence-corrected chi connectivity index (χ2v) is 5.26. The van der Waals surface area contributed by atoms with Gasteiger partial charge in [0.1, 0.15) is 5.82 Å². The summed E-state index contributed by atoms with van der Waals surface area (Å²) in [4.78, 5) is 0. The second-order valence-electron chi connectivity index (χ2n) is 5.26. The molecule has 0 heterocycles. The highest BCUT2D eigenvalue weighted by molar-refractivity contribution is 5.22. The number of hydrogen-bond donors (Lipinski definition) is 1. The average Bonchev–Trinajstić information content (AvgIpc) is 2.45. The number of nitrogens with one attached hydrogen (secondary N) is 1. The summed E-state index contributed by atoms with van der Waals surface area (Å²) in [6, 6.07) is 17.6. The van der Waals surface area contributed by atoms with Gasteiger partial charge in [0.15, 0.2) is 0 Å². The van der Waals surface area contributed by atoms with Gasteiger partial charge in [0, 0.05) is 6.04 Å². The topological polar surface area (TPSA) is 12.0 Å². The van der Waals surface area contributed by atoms with E-state index in [1.165, 1.54) is 11.6 Å². The Kier molecular flexibility index (Phi) is 5.31. The fraction of sp³-hybridized carbons (Fsp3) is 0.333. The van der Waals surface area contributed by atoms with Crippen LogP contribution in [0.5, 0.6) is 0 Å². The van der Waals surface area contributed by atoms with Crippen molar-refractivity contribution in [1.82, 2.24) is 5.32 Å². The molecule has 0 aromatic heterocycles. The molecular weight excluding hydrogens is 249 g/mol.